The molecule has 0 saturated heterocycles. The molecule has 49 heavy (non-hydrogen) atoms. The lowest BCUT2D eigenvalue weighted by molar-refractivity contribution is 0.626. The molecule has 0 aliphatic heterocycles. The van der Waals surface area contributed by atoms with Gasteiger partial charge in [0.25, 0.3) is 0 Å². The highest BCUT2D eigenvalue weighted by Crippen LogP contribution is 2.26. The normalized spacial score (nSPS) is 11.7. The van der Waals surface area contributed by atoms with E-state index in [2.05, 4.69) is 19.9 Å². The van der Waals surface area contributed by atoms with Crippen LogP contribution in [0.1, 0.15) is 25.2 Å². The molecule has 4 aromatic heterocycles. The van der Waals surface area contributed by atoms with Crippen molar-refractivity contribution in [1.82, 2.24) is 38.2 Å². The van der Waals surface area contributed by atoms with Crippen LogP contribution in [-0.2, 0) is 23.9 Å². The SMILES string of the molecule is CCn1c(C)c(-c2ccnc(S(C)=O)n2)n(-c2ccc(F)cc2)c1=O.CCn1c(C)c(-c2ccnc(SC)n2)n(-c2ccc(F)cc2)c1=O. The Balaban J connectivity index is 0.000000191. The average molecular weight is 705 g/mol. The van der Waals surface area contributed by atoms with E-state index < -0.39 is 10.8 Å². The molecule has 0 fully saturated rings. The maximum Gasteiger partial charge on any atom is 0.333 e. The highest BCUT2D eigenvalue weighted by atomic mass is 32.2. The third-order valence-electron chi connectivity index (χ3n) is 7.78. The van der Waals surface area contributed by atoms with Crippen LogP contribution in [0, 0.1) is 25.5 Å². The Morgan fingerprint density at radius 1 is 0.694 bits per heavy atom. The molecular formula is C34H34F2N8O3S2. The van der Waals surface area contributed by atoms with Gasteiger partial charge >= 0.3 is 11.4 Å². The molecule has 0 bridgehead atoms. The van der Waals surface area contributed by atoms with Crippen LogP contribution >= 0.6 is 11.8 Å². The third-order valence-corrected chi connectivity index (χ3v) is 9.05. The number of aromatic nitrogens is 8. The van der Waals surface area contributed by atoms with Crippen LogP contribution in [-0.4, -0.2) is 54.9 Å². The van der Waals surface area contributed by atoms with E-state index in [1.54, 1.807) is 56.3 Å². The minimum Gasteiger partial charge on any atom is -0.296 e. The molecule has 11 nitrogen and oxygen atoms in total. The molecule has 0 aliphatic carbocycles. The molecule has 254 valence electrons. The van der Waals surface area contributed by atoms with Crippen LogP contribution in [0.4, 0.5) is 8.78 Å². The lowest BCUT2D eigenvalue weighted by Crippen LogP contribution is -2.23. The highest BCUT2D eigenvalue weighted by Gasteiger charge is 2.22. The smallest absolute Gasteiger partial charge is 0.296 e. The first-order valence-corrected chi connectivity index (χ1v) is 18.0. The van der Waals surface area contributed by atoms with E-state index in [0.29, 0.717) is 52.4 Å². The summed E-state index contributed by atoms with van der Waals surface area (Å²) in [6.07, 6.45) is 6.59. The summed E-state index contributed by atoms with van der Waals surface area (Å²) < 4.78 is 44.6. The minimum absolute atomic E-state index is 0.166. The molecule has 0 radical (unpaired) electrons. The second-order valence-corrected chi connectivity index (χ2v) is 12.7. The molecule has 6 aromatic rings. The Kier molecular flexibility index (Phi) is 10.8. The number of halogens is 2. The van der Waals surface area contributed by atoms with Gasteiger partial charge in [-0.1, -0.05) is 11.8 Å². The quantitative estimate of drug-likeness (QED) is 0.149. The van der Waals surface area contributed by atoms with Crippen molar-refractivity contribution in [1.29, 1.82) is 0 Å². The molecule has 0 spiro atoms. The molecule has 15 heteroatoms. The summed E-state index contributed by atoms with van der Waals surface area (Å²) in [7, 11) is -1.34. The molecule has 0 amide bonds. The molecule has 0 N–H and O–H groups in total. The molecule has 0 aliphatic rings. The maximum atomic E-state index is 13.3. The Bertz CT molecular complexity index is 2260. The van der Waals surface area contributed by atoms with Crippen LogP contribution in [0.3, 0.4) is 0 Å². The number of benzene rings is 2. The summed E-state index contributed by atoms with van der Waals surface area (Å²) >= 11 is 1.44. The van der Waals surface area contributed by atoms with Gasteiger partial charge in [0.05, 0.1) is 45.0 Å². The van der Waals surface area contributed by atoms with Gasteiger partial charge in [0.1, 0.15) is 11.6 Å². The van der Waals surface area contributed by atoms with E-state index in [0.717, 1.165) is 11.4 Å². The number of thioether (sulfide) groups is 1. The topological polar surface area (TPSA) is 122 Å². The van der Waals surface area contributed by atoms with E-state index >= 15 is 0 Å². The van der Waals surface area contributed by atoms with Gasteiger partial charge in [0.15, 0.2) is 5.16 Å². The van der Waals surface area contributed by atoms with Crippen LogP contribution in [0.15, 0.2) is 93.0 Å². The summed E-state index contributed by atoms with van der Waals surface area (Å²) in [5.74, 6) is -0.720. The fourth-order valence-corrected chi connectivity index (χ4v) is 6.28. The standard InChI is InChI=1S/C17H17FN4O2S.C17H17FN4OS/c1-4-21-11(2)15(14-9-10-19-16(20-14)25(3)24)22(17(21)23)13-7-5-12(18)6-8-13;1-4-21-11(2)15(14-9-10-19-16(20-14)24-3)22(17(21)23)13-7-5-12(18)6-8-13/h5-10H,4H2,1-3H3;5-10H,4H2,1-3H3. The van der Waals surface area contributed by atoms with E-state index in [-0.39, 0.29) is 28.2 Å². The number of nitrogens with zero attached hydrogens (tertiary/aromatic N) is 8. The van der Waals surface area contributed by atoms with Gasteiger partial charge in [-0.25, -0.2) is 38.3 Å². The van der Waals surface area contributed by atoms with Crippen molar-refractivity contribution >= 4 is 22.6 Å². The molecule has 6 rings (SSSR count). The number of rotatable bonds is 8. The number of hydrogen-bond donors (Lipinski definition) is 0. The zero-order valence-corrected chi connectivity index (χ0v) is 29.4. The monoisotopic (exact) mass is 704 g/mol. The lowest BCUT2D eigenvalue weighted by atomic mass is 10.2. The first kappa shape index (κ1) is 35.3. The van der Waals surface area contributed by atoms with Gasteiger partial charge in [0.2, 0.25) is 5.16 Å². The van der Waals surface area contributed by atoms with Gasteiger partial charge < -0.3 is 0 Å². The van der Waals surface area contributed by atoms with E-state index in [4.69, 9.17) is 0 Å². The predicted molar refractivity (Wildman–Crippen MR) is 187 cm³/mol. The van der Waals surface area contributed by atoms with Crippen molar-refractivity contribution in [2.24, 2.45) is 0 Å². The Morgan fingerprint density at radius 3 is 1.53 bits per heavy atom. The Labute approximate surface area is 287 Å². The largest absolute Gasteiger partial charge is 0.333 e. The summed E-state index contributed by atoms with van der Waals surface area (Å²) in [5.41, 5.74) is 4.72. The molecule has 1 atom stereocenters. The average Bonchev–Trinajstić information content (AvgIpc) is 3.52. The van der Waals surface area contributed by atoms with Crippen LogP contribution in [0.2, 0.25) is 0 Å². The first-order valence-electron chi connectivity index (χ1n) is 15.2. The van der Waals surface area contributed by atoms with Crippen LogP contribution < -0.4 is 11.4 Å². The Morgan fingerprint density at radius 2 is 1.12 bits per heavy atom. The highest BCUT2D eigenvalue weighted by molar-refractivity contribution is 7.98. The maximum absolute atomic E-state index is 13.3. The first-order chi connectivity index (χ1) is 23.5. The summed E-state index contributed by atoms with van der Waals surface area (Å²) in [6.45, 7) is 8.54. The number of imidazole rings is 2. The van der Waals surface area contributed by atoms with Gasteiger partial charge in [0, 0.05) is 43.1 Å². The fourth-order valence-electron chi connectivity index (χ4n) is 5.49. The summed E-state index contributed by atoms with van der Waals surface area (Å²) in [4.78, 5) is 42.7. The fraction of sp³-hybridized carbons (Fsp3) is 0.235. The summed E-state index contributed by atoms with van der Waals surface area (Å²) in [6, 6.07) is 15.0. The van der Waals surface area contributed by atoms with Crippen LogP contribution in [0.25, 0.3) is 34.2 Å². The van der Waals surface area contributed by atoms with E-state index in [1.807, 2.05) is 34.0 Å². The van der Waals surface area contributed by atoms with Crippen molar-refractivity contribution in [3.63, 3.8) is 0 Å². The minimum atomic E-state index is -1.34. The second-order valence-electron chi connectivity index (χ2n) is 10.7. The molecule has 2 aromatic carbocycles. The molecule has 4 heterocycles. The van der Waals surface area contributed by atoms with E-state index in [9.17, 15) is 22.6 Å². The van der Waals surface area contributed by atoms with Crippen molar-refractivity contribution in [3.05, 3.63) is 117 Å². The van der Waals surface area contributed by atoms with Gasteiger partial charge in [-0.15, -0.1) is 0 Å². The third kappa shape index (κ3) is 7.08. The molecular weight excluding hydrogens is 671 g/mol. The van der Waals surface area contributed by atoms with E-state index in [1.165, 1.54) is 53.0 Å². The van der Waals surface area contributed by atoms with Gasteiger partial charge in [-0.05, 0) is 94.6 Å². The molecule has 1 unspecified atom stereocenters. The Hall–Kier alpha value is -5.02. The summed E-state index contributed by atoms with van der Waals surface area (Å²) in [5, 5.41) is 0.827. The second kappa shape index (κ2) is 15.0. The van der Waals surface area contributed by atoms with Crippen molar-refractivity contribution in [2.45, 2.75) is 51.1 Å². The zero-order valence-electron chi connectivity index (χ0n) is 27.7. The zero-order chi connectivity index (χ0) is 35.4. The van der Waals surface area contributed by atoms with Gasteiger partial charge in [-0.3, -0.25) is 22.5 Å². The van der Waals surface area contributed by atoms with Crippen molar-refractivity contribution in [3.8, 4) is 34.2 Å². The molecule has 0 saturated carbocycles. The van der Waals surface area contributed by atoms with Crippen LogP contribution in [0.5, 0.6) is 0 Å². The van der Waals surface area contributed by atoms with Crippen molar-refractivity contribution < 1.29 is 13.0 Å². The van der Waals surface area contributed by atoms with Gasteiger partial charge in [-0.2, -0.15) is 0 Å². The lowest BCUT2D eigenvalue weighted by Gasteiger charge is -2.08. The van der Waals surface area contributed by atoms with Crippen molar-refractivity contribution in [2.75, 3.05) is 12.5 Å². The number of hydrogen-bond acceptors (Lipinski definition) is 8. The predicted octanol–water partition coefficient (Wildman–Crippen LogP) is 5.59.